The van der Waals surface area contributed by atoms with Crippen LogP contribution in [0.5, 0.6) is 0 Å². The van der Waals surface area contributed by atoms with Crippen molar-refractivity contribution in [2.75, 3.05) is 6.54 Å². The molecular weight excluding hydrogens is 282 g/mol. The van der Waals surface area contributed by atoms with Gasteiger partial charge in [-0.05, 0) is 30.2 Å². The van der Waals surface area contributed by atoms with Crippen molar-refractivity contribution in [2.45, 2.75) is 12.8 Å². The summed E-state index contributed by atoms with van der Waals surface area (Å²) >= 11 is 3.34. The lowest BCUT2D eigenvalue weighted by Gasteiger charge is -2.09. The van der Waals surface area contributed by atoms with Gasteiger partial charge < -0.3 is 0 Å². The summed E-state index contributed by atoms with van der Waals surface area (Å²) in [5.74, 6) is -0.300. The van der Waals surface area contributed by atoms with Gasteiger partial charge in [0.2, 0.25) is 5.91 Å². The molecule has 3 nitrogen and oxygen atoms in total. The van der Waals surface area contributed by atoms with E-state index < -0.39 is 0 Å². The number of rotatable bonds is 2. The summed E-state index contributed by atoms with van der Waals surface area (Å²) in [6, 6.07) is 7.62. The second-order valence-corrected chi connectivity index (χ2v) is 4.79. The highest BCUT2D eigenvalue weighted by Gasteiger charge is 2.24. The van der Waals surface area contributed by atoms with Gasteiger partial charge in [-0.15, -0.1) is 0 Å². The average molecular weight is 294 g/mol. The van der Waals surface area contributed by atoms with Gasteiger partial charge in [0.25, 0.3) is 5.91 Å². The third-order valence-corrected chi connectivity index (χ3v) is 3.16. The Balaban J connectivity index is 2.03. The van der Waals surface area contributed by atoms with Crippen LogP contribution in [0.3, 0.4) is 0 Å². The van der Waals surface area contributed by atoms with E-state index in [0.717, 1.165) is 16.5 Å². The van der Waals surface area contributed by atoms with Gasteiger partial charge in [0.05, 0.1) is 0 Å². The lowest BCUT2D eigenvalue weighted by atomic mass is 10.2. The molecule has 88 valence electrons. The molecule has 0 N–H and O–H groups in total. The van der Waals surface area contributed by atoms with Crippen LogP contribution in [0.1, 0.15) is 18.4 Å². The third-order valence-electron chi connectivity index (χ3n) is 2.63. The maximum absolute atomic E-state index is 11.7. The number of halogens is 1. The summed E-state index contributed by atoms with van der Waals surface area (Å²) in [6.07, 6.45) is 4.43. The Morgan fingerprint density at radius 1 is 1.29 bits per heavy atom. The van der Waals surface area contributed by atoms with E-state index >= 15 is 0 Å². The number of imide groups is 1. The largest absolute Gasteiger partial charge is 0.279 e. The maximum Gasteiger partial charge on any atom is 0.253 e. The minimum absolute atomic E-state index is 0.0737. The molecule has 0 aliphatic carbocycles. The highest BCUT2D eigenvalue weighted by Crippen LogP contribution is 2.13. The SMILES string of the molecule is O=C(/C=C/c1ccc(Br)cc1)N1CCCC1=O. The molecule has 1 aliphatic heterocycles. The fraction of sp³-hybridized carbons (Fsp3) is 0.231. The number of carbonyl (C=O) groups is 2. The van der Waals surface area contributed by atoms with Gasteiger partial charge in [-0.1, -0.05) is 28.1 Å². The first-order chi connectivity index (χ1) is 8.16. The zero-order valence-corrected chi connectivity index (χ0v) is 10.8. The molecule has 0 unspecified atom stereocenters. The number of nitrogens with zero attached hydrogens (tertiary/aromatic N) is 1. The van der Waals surface area contributed by atoms with Crippen LogP contribution in [0.2, 0.25) is 0 Å². The van der Waals surface area contributed by atoms with Gasteiger partial charge in [-0.3, -0.25) is 14.5 Å². The molecule has 1 aromatic carbocycles. The molecule has 1 heterocycles. The van der Waals surface area contributed by atoms with Crippen molar-refractivity contribution in [3.8, 4) is 0 Å². The molecule has 0 spiro atoms. The first kappa shape index (κ1) is 12.0. The smallest absolute Gasteiger partial charge is 0.253 e. The van der Waals surface area contributed by atoms with E-state index in [2.05, 4.69) is 15.9 Å². The molecule has 1 aromatic rings. The fourth-order valence-corrected chi connectivity index (χ4v) is 1.98. The monoisotopic (exact) mass is 293 g/mol. The molecule has 2 rings (SSSR count). The Morgan fingerprint density at radius 3 is 2.59 bits per heavy atom. The third kappa shape index (κ3) is 3.03. The van der Waals surface area contributed by atoms with Gasteiger partial charge in [0.1, 0.15) is 0 Å². The Kier molecular flexibility index (Phi) is 3.74. The lowest BCUT2D eigenvalue weighted by molar-refractivity contribution is -0.138. The van der Waals surface area contributed by atoms with Crippen LogP contribution in [0.15, 0.2) is 34.8 Å². The summed E-state index contributed by atoms with van der Waals surface area (Å²) in [6.45, 7) is 0.544. The molecule has 2 amide bonds. The number of amides is 2. The van der Waals surface area contributed by atoms with E-state index in [0.29, 0.717) is 13.0 Å². The van der Waals surface area contributed by atoms with Gasteiger partial charge >= 0.3 is 0 Å². The molecule has 4 heteroatoms. The first-order valence-corrected chi connectivity index (χ1v) is 6.24. The van der Waals surface area contributed by atoms with Crippen LogP contribution in [0.4, 0.5) is 0 Å². The molecule has 0 aromatic heterocycles. The van der Waals surface area contributed by atoms with Crippen molar-refractivity contribution in [2.24, 2.45) is 0 Å². The summed E-state index contributed by atoms with van der Waals surface area (Å²) in [5.41, 5.74) is 0.938. The zero-order valence-electron chi connectivity index (χ0n) is 9.23. The van der Waals surface area contributed by atoms with E-state index in [-0.39, 0.29) is 11.8 Å². The molecular formula is C13H12BrNO2. The van der Waals surface area contributed by atoms with Crippen molar-refractivity contribution in [1.82, 2.24) is 4.90 Å². The highest BCUT2D eigenvalue weighted by atomic mass is 79.9. The van der Waals surface area contributed by atoms with Crippen LogP contribution in [0.25, 0.3) is 6.08 Å². The molecule has 0 atom stereocenters. The lowest BCUT2D eigenvalue weighted by Crippen LogP contribution is -2.30. The molecule has 0 bridgehead atoms. The topological polar surface area (TPSA) is 37.4 Å². The van der Waals surface area contributed by atoms with Crippen LogP contribution in [-0.2, 0) is 9.59 Å². The average Bonchev–Trinajstić information content (AvgIpc) is 2.74. The van der Waals surface area contributed by atoms with Gasteiger partial charge in [-0.2, -0.15) is 0 Å². The van der Waals surface area contributed by atoms with Crippen molar-refractivity contribution < 1.29 is 9.59 Å². The van der Waals surface area contributed by atoms with Gasteiger partial charge in [-0.25, -0.2) is 0 Å². The van der Waals surface area contributed by atoms with Gasteiger partial charge in [0.15, 0.2) is 0 Å². The number of benzene rings is 1. The van der Waals surface area contributed by atoms with E-state index in [9.17, 15) is 9.59 Å². The predicted octanol–water partition coefficient (Wildman–Crippen LogP) is 2.61. The van der Waals surface area contributed by atoms with E-state index in [4.69, 9.17) is 0 Å². The van der Waals surface area contributed by atoms with Crippen LogP contribution >= 0.6 is 15.9 Å². The van der Waals surface area contributed by atoms with Crippen LogP contribution in [0, 0.1) is 0 Å². The zero-order chi connectivity index (χ0) is 12.3. The van der Waals surface area contributed by atoms with Crippen molar-refractivity contribution in [3.63, 3.8) is 0 Å². The Hall–Kier alpha value is -1.42. The van der Waals surface area contributed by atoms with E-state index in [1.54, 1.807) is 6.08 Å². The highest BCUT2D eigenvalue weighted by molar-refractivity contribution is 9.10. The second-order valence-electron chi connectivity index (χ2n) is 3.87. The molecule has 1 aliphatic rings. The summed E-state index contributed by atoms with van der Waals surface area (Å²) in [5, 5.41) is 0. The predicted molar refractivity (Wildman–Crippen MR) is 69.1 cm³/mol. The van der Waals surface area contributed by atoms with Crippen LogP contribution in [-0.4, -0.2) is 23.3 Å². The van der Waals surface area contributed by atoms with Crippen molar-refractivity contribution in [3.05, 3.63) is 40.4 Å². The molecule has 0 saturated carbocycles. The van der Waals surface area contributed by atoms with Crippen LogP contribution < -0.4 is 0 Å². The standard InChI is InChI=1S/C13H12BrNO2/c14-11-6-3-10(4-7-11)5-8-13(17)15-9-1-2-12(15)16/h3-8H,1-2,9H2/b8-5+. The summed E-state index contributed by atoms with van der Waals surface area (Å²) in [7, 11) is 0. The van der Waals surface area contributed by atoms with E-state index in [1.165, 1.54) is 11.0 Å². The Labute approximate surface area is 108 Å². The quantitative estimate of drug-likeness (QED) is 0.786. The summed E-state index contributed by atoms with van der Waals surface area (Å²) < 4.78 is 0.996. The van der Waals surface area contributed by atoms with E-state index in [1.807, 2.05) is 24.3 Å². The minimum atomic E-state index is -0.226. The number of carbonyl (C=O) groups excluding carboxylic acids is 2. The number of hydrogen-bond donors (Lipinski definition) is 0. The van der Waals surface area contributed by atoms with Crippen molar-refractivity contribution >= 4 is 33.8 Å². The Morgan fingerprint density at radius 2 is 2.00 bits per heavy atom. The molecule has 0 radical (unpaired) electrons. The molecule has 17 heavy (non-hydrogen) atoms. The Bertz CT molecular complexity index is 465. The molecule has 1 fully saturated rings. The van der Waals surface area contributed by atoms with Crippen molar-refractivity contribution in [1.29, 1.82) is 0 Å². The number of hydrogen-bond acceptors (Lipinski definition) is 2. The minimum Gasteiger partial charge on any atom is -0.279 e. The second kappa shape index (κ2) is 5.27. The maximum atomic E-state index is 11.7. The first-order valence-electron chi connectivity index (χ1n) is 5.45. The molecule has 1 saturated heterocycles. The number of likely N-dealkylation sites (tertiary alicyclic amines) is 1. The fourth-order valence-electron chi connectivity index (χ4n) is 1.71. The van der Waals surface area contributed by atoms with Gasteiger partial charge in [0, 0.05) is 23.5 Å². The normalized spacial score (nSPS) is 15.8. The summed E-state index contributed by atoms with van der Waals surface area (Å²) in [4.78, 5) is 24.3.